The Bertz CT molecular complexity index is 816. The van der Waals surface area contributed by atoms with E-state index in [1.54, 1.807) is 0 Å². The van der Waals surface area contributed by atoms with Gasteiger partial charge in [0.15, 0.2) is 0 Å². The largest absolute Gasteiger partial charge is 0.493 e. The summed E-state index contributed by atoms with van der Waals surface area (Å²) in [5, 5.41) is 0. The first-order valence-electron chi connectivity index (χ1n) is 7.57. The number of benzene rings is 2. The van der Waals surface area contributed by atoms with Gasteiger partial charge in [0.05, 0.1) is 41.0 Å². The molecular weight excluding hydrogens is 354 g/mol. The Labute approximate surface area is 143 Å². The molecule has 2 aromatic rings. The molecule has 0 fully saturated rings. The highest BCUT2D eigenvalue weighted by Gasteiger charge is 2.26. The molecule has 0 aromatic heterocycles. The van der Waals surface area contributed by atoms with Crippen molar-refractivity contribution in [2.24, 2.45) is 4.99 Å². The summed E-state index contributed by atoms with van der Waals surface area (Å²) in [5.41, 5.74) is 4.38. The maximum absolute atomic E-state index is 5.58. The van der Waals surface area contributed by atoms with Crippen LogP contribution in [-0.2, 0) is 0 Å². The molecule has 0 aliphatic carbocycles. The minimum atomic E-state index is 0.659. The number of hydrogen-bond donors (Lipinski definition) is 0. The average Bonchev–Trinajstić information content (AvgIpc) is 3.01. The average molecular weight is 370 g/mol. The Morgan fingerprint density at radius 3 is 2.91 bits per heavy atom. The summed E-state index contributed by atoms with van der Waals surface area (Å²) in [7, 11) is 0. The first-order chi connectivity index (χ1) is 11.3. The van der Waals surface area contributed by atoms with E-state index in [4.69, 9.17) is 4.74 Å². The second kappa shape index (κ2) is 5.74. The number of fused-ring (bicyclic) bond motifs is 3. The van der Waals surface area contributed by atoms with Crippen molar-refractivity contribution in [2.75, 3.05) is 23.1 Å². The molecule has 4 nitrogen and oxygen atoms in total. The van der Waals surface area contributed by atoms with Crippen LogP contribution in [0.25, 0.3) is 0 Å². The summed E-state index contributed by atoms with van der Waals surface area (Å²) in [5.74, 6) is 0.868. The fraction of sp³-hybridized carbons (Fsp3) is 0.167. The zero-order valence-electron chi connectivity index (χ0n) is 12.7. The van der Waals surface area contributed by atoms with Crippen molar-refractivity contribution >= 4 is 39.2 Å². The van der Waals surface area contributed by atoms with Gasteiger partial charge >= 0.3 is 0 Å². The Balaban J connectivity index is 1.64. The SMILES string of the molecule is CCOc1ccc(N2C=C3C=Nc4ccccc4N3C2)cc1Br. The van der Waals surface area contributed by atoms with E-state index in [-0.39, 0.29) is 0 Å². The molecule has 2 aromatic carbocycles. The highest BCUT2D eigenvalue weighted by molar-refractivity contribution is 9.10. The molecule has 23 heavy (non-hydrogen) atoms. The van der Waals surface area contributed by atoms with Gasteiger partial charge in [-0.15, -0.1) is 0 Å². The van der Waals surface area contributed by atoms with Crippen LogP contribution in [-0.4, -0.2) is 19.5 Å². The number of hydrogen-bond acceptors (Lipinski definition) is 4. The van der Waals surface area contributed by atoms with Crippen molar-refractivity contribution in [3.8, 4) is 5.75 Å². The van der Waals surface area contributed by atoms with Crippen LogP contribution in [0.5, 0.6) is 5.75 Å². The number of rotatable bonds is 3. The van der Waals surface area contributed by atoms with Crippen molar-refractivity contribution in [1.82, 2.24) is 0 Å². The zero-order valence-corrected chi connectivity index (χ0v) is 14.3. The fourth-order valence-electron chi connectivity index (χ4n) is 2.86. The van der Waals surface area contributed by atoms with Gasteiger partial charge in [-0.2, -0.15) is 0 Å². The van der Waals surface area contributed by atoms with E-state index in [0.29, 0.717) is 6.61 Å². The minimum absolute atomic E-state index is 0.659. The lowest BCUT2D eigenvalue weighted by Crippen LogP contribution is -2.28. The van der Waals surface area contributed by atoms with E-state index in [1.165, 1.54) is 0 Å². The third-order valence-electron chi connectivity index (χ3n) is 3.95. The number of allylic oxidation sites excluding steroid dienone is 1. The van der Waals surface area contributed by atoms with Gasteiger partial charge in [-0.05, 0) is 53.2 Å². The predicted octanol–water partition coefficient (Wildman–Crippen LogP) is 4.69. The second-order valence-corrected chi connectivity index (χ2v) is 6.24. The molecule has 2 aliphatic rings. The van der Waals surface area contributed by atoms with Crippen LogP contribution in [0.4, 0.5) is 17.1 Å². The zero-order chi connectivity index (χ0) is 15.8. The standard InChI is InChI=1S/C18H16BrN3O/c1-2-23-18-8-7-13(9-15(18)19)21-11-14-10-20-16-5-3-4-6-17(16)22(14)12-21/h3-11H,2,12H2,1H3. The molecular formula is C18H16BrN3O. The molecule has 0 atom stereocenters. The van der Waals surface area contributed by atoms with Crippen LogP contribution in [0.3, 0.4) is 0 Å². The van der Waals surface area contributed by atoms with Crippen molar-refractivity contribution in [3.05, 3.63) is 58.8 Å². The lowest BCUT2D eigenvalue weighted by atomic mass is 10.2. The van der Waals surface area contributed by atoms with E-state index in [1.807, 2.05) is 37.4 Å². The van der Waals surface area contributed by atoms with Gasteiger partial charge in [0.1, 0.15) is 5.75 Å². The quantitative estimate of drug-likeness (QED) is 0.785. The first-order valence-corrected chi connectivity index (χ1v) is 8.37. The van der Waals surface area contributed by atoms with Crippen molar-refractivity contribution in [1.29, 1.82) is 0 Å². The predicted molar refractivity (Wildman–Crippen MR) is 97.8 cm³/mol. The van der Waals surface area contributed by atoms with Gasteiger partial charge in [-0.25, -0.2) is 0 Å². The number of ether oxygens (including phenoxy) is 1. The summed E-state index contributed by atoms with van der Waals surface area (Å²) < 4.78 is 6.55. The van der Waals surface area contributed by atoms with Gasteiger partial charge in [-0.1, -0.05) is 12.1 Å². The summed E-state index contributed by atoms with van der Waals surface area (Å²) in [6.07, 6.45) is 4.05. The molecule has 0 radical (unpaired) electrons. The van der Waals surface area contributed by atoms with Crippen LogP contribution in [0, 0.1) is 0 Å². The monoisotopic (exact) mass is 369 g/mol. The van der Waals surface area contributed by atoms with Gasteiger partial charge in [0.25, 0.3) is 0 Å². The fourth-order valence-corrected chi connectivity index (χ4v) is 3.34. The number of aliphatic imine (C=N–C) groups is 1. The van der Waals surface area contributed by atoms with E-state index in [0.717, 1.165) is 39.7 Å². The van der Waals surface area contributed by atoms with E-state index in [2.05, 4.69) is 55.1 Å². The number of nitrogens with zero attached hydrogens (tertiary/aromatic N) is 3. The van der Waals surface area contributed by atoms with Crippen molar-refractivity contribution in [3.63, 3.8) is 0 Å². The Hall–Kier alpha value is -2.27. The van der Waals surface area contributed by atoms with Crippen LogP contribution in [0.2, 0.25) is 0 Å². The Morgan fingerprint density at radius 1 is 1.22 bits per heavy atom. The molecule has 2 aliphatic heterocycles. The van der Waals surface area contributed by atoms with Crippen LogP contribution < -0.4 is 14.5 Å². The summed E-state index contributed by atoms with van der Waals surface area (Å²) in [6, 6.07) is 14.4. The van der Waals surface area contributed by atoms with Crippen LogP contribution >= 0.6 is 15.9 Å². The highest BCUT2D eigenvalue weighted by Crippen LogP contribution is 2.38. The molecule has 0 amide bonds. The number of anilines is 2. The molecule has 5 heteroatoms. The third kappa shape index (κ3) is 2.51. The maximum atomic E-state index is 5.58. The highest BCUT2D eigenvalue weighted by atomic mass is 79.9. The molecule has 0 unspecified atom stereocenters. The Morgan fingerprint density at radius 2 is 2.09 bits per heavy atom. The first kappa shape index (κ1) is 14.3. The summed E-state index contributed by atoms with van der Waals surface area (Å²) in [6.45, 7) is 3.42. The number of para-hydroxylation sites is 2. The van der Waals surface area contributed by atoms with Crippen LogP contribution in [0.15, 0.2) is 63.8 Å². The third-order valence-corrected chi connectivity index (χ3v) is 4.57. The normalized spacial score (nSPS) is 15.3. The number of halogens is 1. The van der Waals surface area contributed by atoms with Gasteiger partial charge in [0, 0.05) is 11.9 Å². The molecule has 0 N–H and O–H groups in total. The molecule has 0 bridgehead atoms. The van der Waals surface area contributed by atoms with Gasteiger partial charge < -0.3 is 14.5 Å². The lowest BCUT2D eigenvalue weighted by Gasteiger charge is -2.26. The van der Waals surface area contributed by atoms with E-state index < -0.39 is 0 Å². The molecule has 0 spiro atoms. The second-order valence-electron chi connectivity index (χ2n) is 5.39. The molecule has 2 heterocycles. The van der Waals surface area contributed by atoms with Crippen LogP contribution in [0.1, 0.15) is 6.92 Å². The molecule has 4 rings (SSSR count). The van der Waals surface area contributed by atoms with E-state index >= 15 is 0 Å². The minimum Gasteiger partial charge on any atom is -0.493 e. The maximum Gasteiger partial charge on any atom is 0.133 e. The van der Waals surface area contributed by atoms with Gasteiger partial charge in [-0.3, -0.25) is 4.99 Å². The topological polar surface area (TPSA) is 28.1 Å². The molecule has 0 saturated heterocycles. The smallest absolute Gasteiger partial charge is 0.133 e. The summed E-state index contributed by atoms with van der Waals surface area (Å²) in [4.78, 5) is 9.01. The van der Waals surface area contributed by atoms with E-state index in [9.17, 15) is 0 Å². The molecule has 0 saturated carbocycles. The molecule has 116 valence electrons. The van der Waals surface area contributed by atoms with Crippen molar-refractivity contribution in [2.45, 2.75) is 6.92 Å². The summed E-state index contributed by atoms with van der Waals surface area (Å²) >= 11 is 3.59. The van der Waals surface area contributed by atoms with Gasteiger partial charge in [0.2, 0.25) is 0 Å². The lowest BCUT2D eigenvalue weighted by molar-refractivity contribution is 0.338. The Kier molecular flexibility index (Phi) is 3.58. The van der Waals surface area contributed by atoms with Crippen molar-refractivity contribution < 1.29 is 4.74 Å².